The minimum Gasteiger partial charge on any atom is -0.497 e. The second-order valence-corrected chi connectivity index (χ2v) is 5.43. The zero-order valence-electron chi connectivity index (χ0n) is 13.0. The maximum absolute atomic E-state index is 5.97. The molecule has 0 saturated heterocycles. The van der Waals surface area contributed by atoms with Crippen molar-refractivity contribution in [2.45, 2.75) is 5.54 Å². The Kier molecular flexibility index (Phi) is 3.19. The van der Waals surface area contributed by atoms with E-state index in [4.69, 9.17) is 15.5 Å². The summed E-state index contributed by atoms with van der Waals surface area (Å²) in [6.07, 6.45) is 7.24. The van der Waals surface area contributed by atoms with Crippen LogP contribution in [-0.4, -0.2) is 27.9 Å². The summed E-state index contributed by atoms with van der Waals surface area (Å²) in [5.74, 6) is 1.13. The fourth-order valence-corrected chi connectivity index (χ4v) is 2.95. The number of nitrogens with zero attached hydrogens (tertiary/aromatic N) is 4. The summed E-state index contributed by atoms with van der Waals surface area (Å²) in [5, 5.41) is 11.5. The predicted octanol–water partition coefficient (Wildman–Crippen LogP) is 1.41. The Labute approximate surface area is 138 Å². The lowest BCUT2D eigenvalue weighted by Crippen LogP contribution is -2.37. The van der Waals surface area contributed by atoms with Crippen LogP contribution in [0.15, 0.2) is 66.1 Å². The Bertz CT molecular complexity index is 943. The molecule has 2 aromatic heterocycles. The van der Waals surface area contributed by atoms with E-state index in [0.717, 1.165) is 22.4 Å². The molecule has 0 bridgehead atoms. The van der Waals surface area contributed by atoms with E-state index < -0.39 is 5.54 Å². The first-order valence-corrected chi connectivity index (χ1v) is 7.46. The molecule has 0 spiro atoms. The molecule has 1 aromatic carbocycles. The van der Waals surface area contributed by atoms with Gasteiger partial charge in [0, 0.05) is 18.0 Å². The molecule has 0 aliphatic carbocycles. The van der Waals surface area contributed by atoms with Gasteiger partial charge in [0.15, 0.2) is 5.96 Å². The predicted molar refractivity (Wildman–Crippen MR) is 90.7 cm³/mol. The molecular weight excluding hydrogens is 304 g/mol. The lowest BCUT2D eigenvalue weighted by Gasteiger charge is -2.29. The Hall–Kier alpha value is -3.35. The van der Waals surface area contributed by atoms with Crippen LogP contribution in [0.5, 0.6) is 5.75 Å². The van der Waals surface area contributed by atoms with Crippen LogP contribution in [0.3, 0.4) is 0 Å². The van der Waals surface area contributed by atoms with Crippen molar-refractivity contribution in [1.82, 2.24) is 20.1 Å². The molecule has 0 radical (unpaired) electrons. The molecule has 1 aliphatic heterocycles. The summed E-state index contributed by atoms with van der Waals surface area (Å²) in [6.45, 7) is 0. The summed E-state index contributed by atoms with van der Waals surface area (Å²) >= 11 is 0. The van der Waals surface area contributed by atoms with E-state index in [1.54, 1.807) is 30.3 Å². The maximum atomic E-state index is 5.97. The Morgan fingerprint density at radius 3 is 2.75 bits per heavy atom. The van der Waals surface area contributed by atoms with Crippen molar-refractivity contribution < 1.29 is 4.74 Å². The summed E-state index contributed by atoms with van der Waals surface area (Å²) in [5.41, 5.74) is 7.94. The van der Waals surface area contributed by atoms with Gasteiger partial charge in [-0.15, -0.1) is 0 Å². The second kappa shape index (κ2) is 5.38. The van der Waals surface area contributed by atoms with Gasteiger partial charge < -0.3 is 15.8 Å². The fraction of sp³-hybridized carbons (Fsp3) is 0.118. The molecule has 4 rings (SSSR count). The van der Waals surface area contributed by atoms with E-state index in [-0.39, 0.29) is 0 Å². The summed E-state index contributed by atoms with van der Waals surface area (Å²) in [6, 6.07) is 11.6. The number of fused-ring (bicyclic) bond motifs is 1. The van der Waals surface area contributed by atoms with Gasteiger partial charge in [0.1, 0.15) is 11.3 Å². The first-order valence-electron chi connectivity index (χ1n) is 7.46. The van der Waals surface area contributed by atoms with Crippen LogP contribution in [-0.2, 0) is 5.54 Å². The molecule has 0 fully saturated rings. The molecule has 7 nitrogen and oxygen atoms in total. The molecule has 7 heteroatoms. The van der Waals surface area contributed by atoms with Crippen molar-refractivity contribution in [2.75, 3.05) is 7.11 Å². The van der Waals surface area contributed by atoms with Gasteiger partial charge in [-0.2, -0.15) is 14.8 Å². The van der Waals surface area contributed by atoms with Crippen LogP contribution in [0.25, 0.3) is 5.52 Å². The number of rotatable bonds is 3. The molecule has 1 atom stereocenters. The van der Waals surface area contributed by atoms with E-state index in [0.29, 0.717) is 5.96 Å². The highest BCUT2D eigenvalue weighted by molar-refractivity contribution is 5.82. The van der Waals surface area contributed by atoms with E-state index in [1.165, 1.54) is 0 Å². The van der Waals surface area contributed by atoms with E-state index in [1.807, 2.05) is 42.5 Å². The zero-order valence-corrected chi connectivity index (χ0v) is 13.0. The van der Waals surface area contributed by atoms with Gasteiger partial charge in [-0.05, 0) is 35.9 Å². The third kappa shape index (κ3) is 2.10. The molecule has 3 N–H and O–H groups in total. The van der Waals surface area contributed by atoms with E-state index >= 15 is 0 Å². The Morgan fingerprint density at radius 2 is 2.00 bits per heavy atom. The van der Waals surface area contributed by atoms with Crippen LogP contribution in [0.4, 0.5) is 0 Å². The first-order chi connectivity index (χ1) is 11.7. The topological polar surface area (TPSA) is 89.8 Å². The number of hydrogen-bond acceptors (Lipinski definition) is 6. The standard InChI is InChI=1S/C17H16N6O/c1-24-13-6-4-12(5-7-13)17(8-10-19-16(18)22-17)14-11-21-23-15(14)3-2-9-20-23/h2-11H,1H3,(H3,18,19,22). The smallest absolute Gasteiger partial charge is 0.194 e. The lowest BCUT2D eigenvalue weighted by molar-refractivity contribution is 0.414. The summed E-state index contributed by atoms with van der Waals surface area (Å²) in [7, 11) is 1.64. The SMILES string of the molecule is COc1ccc(C2(c3cnn4ncccc34)C=CNC(N)=N2)cc1. The third-order valence-corrected chi connectivity index (χ3v) is 4.10. The zero-order chi connectivity index (χ0) is 16.6. The van der Waals surface area contributed by atoms with Crippen molar-refractivity contribution in [3.63, 3.8) is 0 Å². The molecule has 3 heterocycles. The van der Waals surface area contributed by atoms with Crippen molar-refractivity contribution in [3.05, 3.63) is 72.2 Å². The van der Waals surface area contributed by atoms with Gasteiger partial charge in [0.2, 0.25) is 0 Å². The monoisotopic (exact) mass is 320 g/mol. The maximum Gasteiger partial charge on any atom is 0.194 e. The lowest BCUT2D eigenvalue weighted by atomic mass is 9.83. The number of ether oxygens (including phenoxy) is 1. The number of methoxy groups -OCH3 is 1. The van der Waals surface area contributed by atoms with Crippen molar-refractivity contribution in [1.29, 1.82) is 0 Å². The molecule has 120 valence electrons. The van der Waals surface area contributed by atoms with Crippen LogP contribution in [0.1, 0.15) is 11.1 Å². The average Bonchev–Trinajstić information content (AvgIpc) is 3.06. The molecule has 0 amide bonds. The highest BCUT2D eigenvalue weighted by Gasteiger charge is 2.36. The number of nitrogens with two attached hydrogens (primary N) is 1. The summed E-state index contributed by atoms with van der Waals surface area (Å²) < 4.78 is 6.84. The minimum absolute atomic E-state index is 0.344. The molecule has 3 aromatic rings. The van der Waals surface area contributed by atoms with Crippen LogP contribution in [0, 0.1) is 0 Å². The second-order valence-electron chi connectivity index (χ2n) is 5.43. The van der Waals surface area contributed by atoms with Gasteiger partial charge >= 0.3 is 0 Å². The number of guanidine groups is 1. The van der Waals surface area contributed by atoms with Crippen molar-refractivity contribution in [3.8, 4) is 5.75 Å². The first kappa shape index (κ1) is 14.3. The normalized spacial score (nSPS) is 19.8. The van der Waals surface area contributed by atoms with Gasteiger partial charge in [-0.25, -0.2) is 4.99 Å². The molecular formula is C17H16N6O. The molecule has 1 aliphatic rings. The van der Waals surface area contributed by atoms with Crippen molar-refractivity contribution in [2.24, 2.45) is 10.7 Å². The fourth-order valence-electron chi connectivity index (χ4n) is 2.95. The minimum atomic E-state index is -0.771. The van der Waals surface area contributed by atoms with Crippen LogP contribution >= 0.6 is 0 Å². The van der Waals surface area contributed by atoms with Crippen LogP contribution in [0.2, 0.25) is 0 Å². The van der Waals surface area contributed by atoms with Crippen molar-refractivity contribution >= 4 is 11.5 Å². The highest BCUT2D eigenvalue weighted by atomic mass is 16.5. The third-order valence-electron chi connectivity index (χ3n) is 4.10. The Morgan fingerprint density at radius 1 is 1.17 bits per heavy atom. The molecule has 24 heavy (non-hydrogen) atoms. The molecule has 1 unspecified atom stereocenters. The number of hydrogen-bond donors (Lipinski definition) is 2. The number of benzene rings is 1. The highest BCUT2D eigenvalue weighted by Crippen LogP contribution is 2.39. The van der Waals surface area contributed by atoms with E-state index in [2.05, 4.69) is 15.5 Å². The number of nitrogens with one attached hydrogen (secondary N) is 1. The largest absolute Gasteiger partial charge is 0.497 e. The van der Waals surface area contributed by atoms with Gasteiger partial charge in [-0.1, -0.05) is 12.1 Å². The number of aliphatic imine (C=N–C) groups is 1. The summed E-state index contributed by atoms with van der Waals surface area (Å²) in [4.78, 5) is 4.71. The average molecular weight is 320 g/mol. The van der Waals surface area contributed by atoms with Gasteiger partial charge in [0.25, 0.3) is 0 Å². The van der Waals surface area contributed by atoms with Gasteiger partial charge in [-0.3, -0.25) is 0 Å². The van der Waals surface area contributed by atoms with Crippen LogP contribution < -0.4 is 15.8 Å². The Balaban J connectivity index is 1.97. The molecule has 0 saturated carbocycles. The quantitative estimate of drug-likeness (QED) is 0.761. The van der Waals surface area contributed by atoms with E-state index in [9.17, 15) is 0 Å². The number of aromatic nitrogens is 3. The van der Waals surface area contributed by atoms with Gasteiger partial charge in [0.05, 0.1) is 18.8 Å².